The van der Waals surface area contributed by atoms with Gasteiger partial charge in [-0.3, -0.25) is 0 Å². The number of nitrogens with zero attached hydrogens (tertiary/aromatic N) is 2. The van der Waals surface area contributed by atoms with Gasteiger partial charge in [-0.1, -0.05) is 0 Å². The molecule has 0 unspecified atom stereocenters. The Hall–Kier alpha value is -2.22. The van der Waals surface area contributed by atoms with Gasteiger partial charge in [0.15, 0.2) is 0 Å². The third-order valence-corrected chi connectivity index (χ3v) is 4.56. The molecule has 0 aliphatic rings. The highest BCUT2D eigenvalue weighted by atomic mass is 32.2. The third kappa shape index (κ3) is 2.80. The van der Waals surface area contributed by atoms with E-state index < -0.39 is 27.4 Å². The molecule has 0 aliphatic carbocycles. The molecule has 8 heteroatoms. The number of aromatic carboxylic acids is 1. The highest BCUT2D eigenvalue weighted by Crippen LogP contribution is 2.26. The number of halogens is 1. The van der Waals surface area contributed by atoms with E-state index in [2.05, 4.69) is 5.10 Å². The Morgan fingerprint density at radius 3 is 2.67 bits per heavy atom. The lowest BCUT2D eigenvalue weighted by Gasteiger charge is -2.06. The van der Waals surface area contributed by atoms with E-state index >= 15 is 0 Å². The van der Waals surface area contributed by atoms with E-state index in [-0.39, 0.29) is 5.75 Å². The molecule has 6 nitrogen and oxygen atoms in total. The summed E-state index contributed by atoms with van der Waals surface area (Å²) in [7, 11) is -3.51. The Balaban J connectivity index is 2.54. The summed E-state index contributed by atoms with van der Waals surface area (Å²) >= 11 is 0. The van der Waals surface area contributed by atoms with Crippen LogP contribution in [0.2, 0.25) is 0 Å². The Morgan fingerprint density at radius 2 is 2.10 bits per heavy atom. The van der Waals surface area contributed by atoms with Crippen molar-refractivity contribution in [1.29, 1.82) is 0 Å². The van der Waals surface area contributed by atoms with Crippen LogP contribution in [0.25, 0.3) is 11.1 Å². The summed E-state index contributed by atoms with van der Waals surface area (Å²) in [5.41, 5.74) is 0.891. The molecule has 0 saturated heterocycles. The van der Waals surface area contributed by atoms with E-state index in [1.165, 1.54) is 25.4 Å². The van der Waals surface area contributed by atoms with Gasteiger partial charge in [-0.2, -0.15) is 9.19 Å². The lowest BCUT2D eigenvalue weighted by atomic mass is 10.0. The normalized spacial score (nSPS) is 11.6. The SMILES string of the molecule is CCS(=O)(=O)n1cc(-c2cc(F)c(C(=O)O)cc2C)cn1. The second-order valence-corrected chi connectivity index (χ2v) is 6.57. The molecule has 0 fully saturated rings. The monoisotopic (exact) mass is 312 g/mol. The highest BCUT2D eigenvalue weighted by molar-refractivity contribution is 7.89. The fraction of sp³-hybridized carbons (Fsp3) is 0.231. The molecular weight excluding hydrogens is 299 g/mol. The zero-order valence-electron chi connectivity index (χ0n) is 11.4. The maximum absolute atomic E-state index is 13.7. The smallest absolute Gasteiger partial charge is 0.338 e. The van der Waals surface area contributed by atoms with Crippen molar-refractivity contribution in [2.45, 2.75) is 13.8 Å². The second-order valence-electron chi connectivity index (χ2n) is 4.45. The van der Waals surface area contributed by atoms with E-state index in [0.29, 0.717) is 16.7 Å². The van der Waals surface area contributed by atoms with Crippen molar-refractivity contribution < 1.29 is 22.7 Å². The maximum atomic E-state index is 13.7. The van der Waals surface area contributed by atoms with E-state index in [1.807, 2.05) is 0 Å². The summed E-state index contributed by atoms with van der Waals surface area (Å²) in [6.45, 7) is 3.11. The topological polar surface area (TPSA) is 89.3 Å². The number of benzene rings is 1. The molecule has 1 N–H and O–H groups in total. The van der Waals surface area contributed by atoms with Crippen LogP contribution in [-0.4, -0.2) is 34.4 Å². The van der Waals surface area contributed by atoms with Crippen molar-refractivity contribution in [2.75, 3.05) is 5.75 Å². The molecule has 0 atom stereocenters. The number of rotatable bonds is 4. The van der Waals surface area contributed by atoms with Gasteiger partial charge in [0.2, 0.25) is 0 Å². The van der Waals surface area contributed by atoms with Gasteiger partial charge in [-0.05, 0) is 37.1 Å². The van der Waals surface area contributed by atoms with E-state index in [1.54, 1.807) is 6.92 Å². The number of hydrogen-bond acceptors (Lipinski definition) is 4. The lowest BCUT2D eigenvalue weighted by Crippen LogP contribution is -2.14. The predicted octanol–water partition coefficient (Wildman–Crippen LogP) is 1.89. The molecule has 2 aromatic rings. The highest BCUT2D eigenvalue weighted by Gasteiger charge is 2.17. The van der Waals surface area contributed by atoms with E-state index in [9.17, 15) is 17.6 Å². The Labute approximate surface area is 120 Å². The summed E-state index contributed by atoms with van der Waals surface area (Å²) < 4.78 is 38.0. The van der Waals surface area contributed by atoms with Crippen molar-refractivity contribution in [2.24, 2.45) is 0 Å². The first-order valence-electron chi connectivity index (χ1n) is 6.08. The largest absolute Gasteiger partial charge is 0.478 e. The lowest BCUT2D eigenvalue weighted by molar-refractivity contribution is 0.0692. The van der Waals surface area contributed by atoms with Gasteiger partial charge in [-0.15, -0.1) is 0 Å². The van der Waals surface area contributed by atoms with Gasteiger partial charge in [-0.25, -0.2) is 17.6 Å². The molecule has 1 heterocycles. The minimum absolute atomic E-state index is 0.112. The number of carboxylic acid groups (broad SMARTS) is 1. The van der Waals surface area contributed by atoms with E-state index in [4.69, 9.17) is 5.11 Å². The van der Waals surface area contributed by atoms with Crippen molar-refractivity contribution >= 4 is 16.0 Å². The fourth-order valence-corrected chi connectivity index (χ4v) is 2.61. The van der Waals surface area contributed by atoms with Crippen LogP contribution in [0.15, 0.2) is 24.5 Å². The zero-order chi connectivity index (χ0) is 15.8. The molecule has 112 valence electrons. The van der Waals surface area contributed by atoms with Crippen LogP contribution in [0, 0.1) is 12.7 Å². The third-order valence-electron chi connectivity index (χ3n) is 3.07. The average molecular weight is 312 g/mol. The van der Waals surface area contributed by atoms with Crippen molar-refractivity contribution in [1.82, 2.24) is 9.19 Å². The van der Waals surface area contributed by atoms with Crippen LogP contribution in [0.1, 0.15) is 22.8 Å². The molecule has 2 rings (SSSR count). The summed E-state index contributed by atoms with van der Waals surface area (Å²) in [4.78, 5) is 10.9. The van der Waals surface area contributed by atoms with Gasteiger partial charge in [0.1, 0.15) is 5.82 Å². The second kappa shape index (κ2) is 5.28. The zero-order valence-corrected chi connectivity index (χ0v) is 12.2. The molecular formula is C13H13FN2O4S. The number of aryl methyl sites for hydroxylation is 1. The van der Waals surface area contributed by atoms with Gasteiger partial charge in [0.25, 0.3) is 10.0 Å². The Morgan fingerprint density at radius 1 is 1.43 bits per heavy atom. The first-order chi connectivity index (χ1) is 9.76. The summed E-state index contributed by atoms with van der Waals surface area (Å²) in [6, 6.07) is 2.28. The Kier molecular flexibility index (Phi) is 3.82. The molecule has 0 radical (unpaired) electrons. The standard InChI is InChI=1S/C13H13FN2O4S/c1-3-21(19,20)16-7-9(6-15-16)10-5-12(14)11(13(17)18)4-8(10)2/h4-7H,3H2,1-2H3,(H,17,18). The predicted molar refractivity (Wildman–Crippen MR) is 74.2 cm³/mol. The quantitative estimate of drug-likeness (QED) is 0.931. The van der Waals surface area contributed by atoms with Crippen LogP contribution < -0.4 is 0 Å². The number of hydrogen-bond donors (Lipinski definition) is 1. The first-order valence-corrected chi connectivity index (χ1v) is 7.69. The summed E-state index contributed by atoms with van der Waals surface area (Å²) in [5, 5.41) is 12.6. The van der Waals surface area contributed by atoms with Crippen molar-refractivity contribution in [3.63, 3.8) is 0 Å². The summed E-state index contributed by atoms with van der Waals surface area (Å²) in [6.07, 6.45) is 2.58. The van der Waals surface area contributed by atoms with Crippen LogP contribution >= 0.6 is 0 Å². The van der Waals surface area contributed by atoms with Crippen LogP contribution in [0.5, 0.6) is 0 Å². The first kappa shape index (κ1) is 15.2. The fourth-order valence-electron chi connectivity index (χ4n) is 1.88. The van der Waals surface area contributed by atoms with Crippen molar-refractivity contribution in [3.8, 4) is 11.1 Å². The van der Waals surface area contributed by atoms with E-state index in [0.717, 1.165) is 10.2 Å². The summed E-state index contributed by atoms with van der Waals surface area (Å²) in [5.74, 6) is -2.35. The molecule has 0 saturated carbocycles. The van der Waals surface area contributed by atoms with Gasteiger partial charge >= 0.3 is 5.97 Å². The van der Waals surface area contributed by atoms with Gasteiger partial charge in [0, 0.05) is 5.56 Å². The molecule has 0 aliphatic heterocycles. The molecule has 0 amide bonds. The number of carbonyl (C=O) groups is 1. The van der Waals surface area contributed by atoms with Crippen molar-refractivity contribution in [3.05, 3.63) is 41.5 Å². The van der Waals surface area contributed by atoms with Crippen LogP contribution in [0.4, 0.5) is 4.39 Å². The average Bonchev–Trinajstić information content (AvgIpc) is 2.90. The van der Waals surface area contributed by atoms with Crippen LogP contribution in [0.3, 0.4) is 0 Å². The minimum Gasteiger partial charge on any atom is -0.478 e. The maximum Gasteiger partial charge on any atom is 0.338 e. The number of aromatic nitrogens is 2. The van der Waals surface area contributed by atoms with Gasteiger partial charge in [0.05, 0.1) is 23.7 Å². The Bertz CT molecular complexity index is 812. The van der Waals surface area contributed by atoms with Gasteiger partial charge < -0.3 is 5.11 Å². The molecule has 1 aromatic heterocycles. The molecule has 0 spiro atoms. The molecule has 0 bridgehead atoms. The van der Waals surface area contributed by atoms with Crippen LogP contribution in [-0.2, 0) is 10.0 Å². The minimum atomic E-state index is -3.51. The molecule has 1 aromatic carbocycles. The number of carboxylic acids is 1. The molecule has 21 heavy (non-hydrogen) atoms.